The van der Waals surface area contributed by atoms with Crippen LogP contribution in [0.3, 0.4) is 0 Å². The highest BCUT2D eigenvalue weighted by Crippen LogP contribution is 2.37. The van der Waals surface area contributed by atoms with Crippen molar-refractivity contribution >= 4 is 16.7 Å². The van der Waals surface area contributed by atoms with Crippen molar-refractivity contribution in [3.63, 3.8) is 0 Å². The van der Waals surface area contributed by atoms with E-state index < -0.39 is 0 Å². The smallest absolute Gasteiger partial charge is 0.215 e. The predicted octanol–water partition coefficient (Wildman–Crippen LogP) is 1.11. The Labute approximate surface area is 92.3 Å². The fraction of sp³-hybridized carbons (Fsp3) is 0.455. The summed E-state index contributed by atoms with van der Waals surface area (Å²) in [5.74, 6) is 0.437. The number of aromatic nitrogens is 3. The monoisotopic (exact) mass is 218 g/mol. The molecule has 16 heavy (non-hydrogen) atoms. The van der Waals surface area contributed by atoms with E-state index in [9.17, 15) is 4.79 Å². The van der Waals surface area contributed by atoms with Crippen molar-refractivity contribution in [1.82, 2.24) is 14.8 Å². The first-order valence-electron chi connectivity index (χ1n) is 5.52. The van der Waals surface area contributed by atoms with Crippen LogP contribution in [0.4, 0.5) is 5.69 Å². The molecule has 0 bridgehead atoms. The van der Waals surface area contributed by atoms with Crippen molar-refractivity contribution in [3.8, 4) is 0 Å². The summed E-state index contributed by atoms with van der Waals surface area (Å²) in [7, 11) is 1.84. The van der Waals surface area contributed by atoms with E-state index in [0.717, 1.165) is 24.2 Å². The van der Waals surface area contributed by atoms with Crippen LogP contribution in [0, 0.1) is 0 Å². The number of H-pyrrole nitrogens is 1. The van der Waals surface area contributed by atoms with Gasteiger partial charge in [-0.2, -0.15) is 5.10 Å². The molecule has 5 heteroatoms. The van der Waals surface area contributed by atoms with Crippen molar-refractivity contribution in [2.45, 2.75) is 25.2 Å². The zero-order chi connectivity index (χ0) is 11.3. The molecule has 0 unspecified atom stereocenters. The molecule has 0 aromatic carbocycles. The average molecular weight is 218 g/mol. The van der Waals surface area contributed by atoms with E-state index in [-0.39, 0.29) is 11.1 Å². The Morgan fingerprint density at radius 3 is 2.94 bits per heavy atom. The zero-order valence-electron chi connectivity index (χ0n) is 9.16. The predicted molar refractivity (Wildman–Crippen MR) is 62.3 cm³/mol. The van der Waals surface area contributed by atoms with Gasteiger partial charge in [-0.3, -0.25) is 9.48 Å². The van der Waals surface area contributed by atoms with Gasteiger partial charge in [-0.1, -0.05) is 6.42 Å². The molecule has 1 fully saturated rings. The number of nitrogen functional groups attached to an aromatic ring is 1. The Morgan fingerprint density at radius 2 is 2.31 bits per heavy atom. The van der Waals surface area contributed by atoms with Crippen molar-refractivity contribution in [2.75, 3.05) is 5.73 Å². The van der Waals surface area contributed by atoms with Gasteiger partial charge < -0.3 is 10.7 Å². The SMILES string of the molecule is Cn1nc(C2CCC2)c2c(=O)c(N)c[nH]c21. The van der Waals surface area contributed by atoms with E-state index in [1.54, 1.807) is 4.68 Å². The van der Waals surface area contributed by atoms with E-state index in [4.69, 9.17) is 5.73 Å². The molecule has 3 N–H and O–H groups in total. The van der Waals surface area contributed by atoms with Crippen LogP contribution in [0.5, 0.6) is 0 Å². The van der Waals surface area contributed by atoms with Crippen LogP contribution < -0.4 is 11.2 Å². The minimum absolute atomic E-state index is 0.0937. The summed E-state index contributed by atoms with van der Waals surface area (Å²) in [6, 6.07) is 0. The number of nitrogens with one attached hydrogen (secondary N) is 1. The maximum Gasteiger partial charge on any atom is 0.215 e. The van der Waals surface area contributed by atoms with E-state index in [2.05, 4.69) is 10.1 Å². The van der Waals surface area contributed by atoms with E-state index >= 15 is 0 Å². The largest absolute Gasteiger partial charge is 0.394 e. The Morgan fingerprint density at radius 1 is 1.56 bits per heavy atom. The molecule has 2 aromatic heterocycles. The number of aryl methyl sites for hydroxylation is 1. The van der Waals surface area contributed by atoms with Crippen LogP contribution in [0.1, 0.15) is 30.9 Å². The van der Waals surface area contributed by atoms with Crippen molar-refractivity contribution in [2.24, 2.45) is 7.05 Å². The van der Waals surface area contributed by atoms with Crippen LogP contribution in [-0.4, -0.2) is 14.8 Å². The quantitative estimate of drug-likeness (QED) is 0.752. The molecule has 5 nitrogen and oxygen atoms in total. The number of hydrogen-bond acceptors (Lipinski definition) is 3. The number of fused-ring (bicyclic) bond motifs is 1. The highest BCUT2D eigenvalue weighted by Gasteiger charge is 2.26. The second-order valence-electron chi connectivity index (χ2n) is 4.43. The lowest BCUT2D eigenvalue weighted by atomic mass is 9.82. The lowest BCUT2D eigenvalue weighted by Gasteiger charge is -2.23. The average Bonchev–Trinajstić information content (AvgIpc) is 2.48. The van der Waals surface area contributed by atoms with E-state index in [1.807, 2.05) is 7.05 Å². The molecule has 0 aliphatic heterocycles. The summed E-state index contributed by atoms with van der Waals surface area (Å²) in [6.07, 6.45) is 5.01. The Bertz CT molecular complexity index is 606. The van der Waals surface area contributed by atoms with Gasteiger partial charge in [0.25, 0.3) is 0 Å². The molecule has 0 spiro atoms. The number of hydrogen-bond donors (Lipinski definition) is 2. The van der Waals surface area contributed by atoms with Gasteiger partial charge in [0.15, 0.2) is 0 Å². The number of pyridine rings is 1. The minimum atomic E-state index is -0.0937. The summed E-state index contributed by atoms with van der Waals surface area (Å²) >= 11 is 0. The first kappa shape index (κ1) is 9.45. The summed E-state index contributed by atoms with van der Waals surface area (Å²) in [6.45, 7) is 0. The summed E-state index contributed by atoms with van der Waals surface area (Å²) in [4.78, 5) is 15.0. The molecule has 1 aliphatic carbocycles. The van der Waals surface area contributed by atoms with Gasteiger partial charge in [-0.25, -0.2) is 0 Å². The third-order valence-electron chi connectivity index (χ3n) is 3.42. The Kier molecular flexibility index (Phi) is 1.83. The Hall–Kier alpha value is -1.78. The van der Waals surface area contributed by atoms with Crippen LogP contribution in [0.2, 0.25) is 0 Å². The molecule has 0 atom stereocenters. The standard InChI is InChI=1S/C11H14N4O/c1-15-11-8(10(16)7(12)5-13-11)9(14-15)6-3-2-4-6/h5-6H,2-4,12H2,1H3,(H,13,16). The van der Waals surface area contributed by atoms with Gasteiger partial charge >= 0.3 is 0 Å². The molecule has 1 saturated carbocycles. The van der Waals surface area contributed by atoms with Crippen molar-refractivity contribution in [1.29, 1.82) is 0 Å². The van der Waals surface area contributed by atoms with Crippen molar-refractivity contribution < 1.29 is 0 Å². The number of rotatable bonds is 1. The molecule has 84 valence electrons. The van der Waals surface area contributed by atoms with Crippen LogP contribution in [-0.2, 0) is 7.05 Å². The molecule has 0 amide bonds. The van der Waals surface area contributed by atoms with E-state index in [1.165, 1.54) is 12.6 Å². The van der Waals surface area contributed by atoms with Crippen LogP contribution in [0.15, 0.2) is 11.0 Å². The molecule has 1 aliphatic rings. The number of anilines is 1. The molecule has 0 radical (unpaired) electrons. The van der Waals surface area contributed by atoms with E-state index in [0.29, 0.717) is 11.3 Å². The van der Waals surface area contributed by atoms with Crippen LogP contribution >= 0.6 is 0 Å². The zero-order valence-corrected chi connectivity index (χ0v) is 9.16. The fourth-order valence-electron chi connectivity index (χ4n) is 2.26. The molecule has 2 heterocycles. The number of nitrogens with two attached hydrogens (primary N) is 1. The molecular weight excluding hydrogens is 204 g/mol. The van der Waals surface area contributed by atoms with Gasteiger partial charge in [-0.05, 0) is 12.8 Å². The van der Waals surface area contributed by atoms with Gasteiger partial charge in [0.2, 0.25) is 5.43 Å². The first-order chi connectivity index (χ1) is 7.68. The minimum Gasteiger partial charge on any atom is -0.394 e. The van der Waals surface area contributed by atoms with Crippen LogP contribution in [0.25, 0.3) is 11.0 Å². The third kappa shape index (κ3) is 1.11. The Balaban J connectivity index is 2.36. The third-order valence-corrected chi connectivity index (χ3v) is 3.42. The lowest BCUT2D eigenvalue weighted by molar-refractivity contribution is 0.410. The topological polar surface area (TPSA) is 76.7 Å². The maximum atomic E-state index is 12.0. The lowest BCUT2D eigenvalue weighted by Crippen LogP contribution is -2.14. The highest BCUT2D eigenvalue weighted by molar-refractivity contribution is 5.81. The van der Waals surface area contributed by atoms with Gasteiger partial charge in [0, 0.05) is 19.2 Å². The van der Waals surface area contributed by atoms with Gasteiger partial charge in [0.05, 0.1) is 16.8 Å². The second kappa shape index (κ2) is 3.10. The van der Waals surface area contributed by atoms with Crippen molar-refractivity contribution in [3.05, 3.63) is 22.1 Å². The molecule has 0 saturated heterocycles. The summed E-state index contributed by atoms with van der Waals surface area (Å²) in [5, 5.41) is 5.12. The highest BCUT2D eigenvalue weighted by atomic mass is 16.1. The normalized spacial score (nSPS) is 16.6. The fourth-order valence-corrected chi connectivity index (χ4v) is 2.26. The molecule has 3 rings (SSSR count). The first-order valence-corrected chi connectivity index (χ1v) is 5.52. The maximum absolute atomic E-state index is 12.0. The molecular formula is C11H14N4O. The van der Waals surface area contributed by atoms with Gasteiger partial charge in [-0.15, -0.1) is 0 Å². The summed E-state index contributed by atoms with van der Waals surface area (Å²) in [5.41, 5.74) is 7.49. The summed E-state index contributed by atoms with van der Waals surface area (Å²) < 4.78 is 1.73. The van der Waals surface area contributed by atoms with Gasteiger partial charge in [0.1, 0.15) is 5.65 Å². The molecule has 2 aromatic rings. The number of nitrogens with zero attached hydrogens (tertiary/aromatic N) is 2. The number of aromatic amines is 1. The second-order valence-corrected chi connectivity index (χ2v) is 4.43.